The molecular weight excluding hydrogens is 538 g/mol. The Morgan fingerprint density at radius 3 is 2.26 bits per heavy atom. The normalized spacial score (nSPS) is 11.9. The number of ether oxygens (including phenoxy) is 1. The number of rotatable bonds is 12. The van der Waals surface area contributed by atoms with Crippen LogP contribution in [0.15, 0.2) is 77.7 Å². The largest absolute Gasteiger partial charge is 0.495 e. The predicted molar refractivity (Wildman–Crippen MR) is 153 cm³/mol. The quantitative estimate of drug-likeness (QED) is 0.337. The summed E-state index contributed by atoms with van der Waals surface area (Å²) >= 11 is 6.27. The van der Waals surface area contributed by atoms with Crippen molar-refractivity contribution in [2.75, 3.05) is 24.5 Å². The lowest BCUT2D eigenvalue weighted by molar-refractivity contribution is -0.140. The Morgan fingerprint density at radius 1 is 1.00 bits per heavy atom. The maximum absolute atomic E-state index is 14.0. The molecule has 0 radical (unpaired) electrons. The summed E-state index contributed by atoms with van der Waals surface area (Å²) in [5, 5.41) is 3.06. The molecule has 8 nitrogen and oxygen atoms in total. The van der Waals surface area contributed by atoms with Crippen molar-refractivity contribution < 1.29 is 22.7 Å². The summed E-state index contributed by atoms with van der Waals surface area (Å²) < 4.78 is 34.4. The van der Waals surface area contributed by atoms with Gasteiger partial charge in [-0.05, 0) is 56.2 Å². The minimum Gasteiger partial charge on any atom is -0.495 e. The van der Waals surface area contributed by atoms with Gasteiger partial charge >= 0.3 is 0 Å². The van der Waals surface area contributed by atoms with Crippen molar-refractivity contribution in [1.29, 1.82) is 0 Å². The second kappa shape index (κ2) is 13.5. The highest BCUT2D eigenvalue weighted by Crippen LogP contribution is 2.35. The number of sulfonamides is 1. The molecule has 0 saturated heterocycles. The Balaban J connectivity index is 2.12. The molecule has 1 N–H and O–H groups in total. The van der Waals surface area contributed by atoms with Gasteiger partial charge in [0.1, 0.15) is 18.3 Å². The topological polar surface area (TPSA) is 96.0 Å². The number of likely N-dealkylation sites (N-methyl/N-ethyl adjacent to an activating group) is 1. The van der Waals surface area contributed by atoms with Crippen molar-refractivity contribution in [3.63, 3.8) is 0 Å². The summed E-state index contributed by atoms with van der Waals surface area (Å²) in [6.45, 7) is 5.42. The van der Waals surface area contributed by atoms with Crippen molar-refractivity contribution in [1.82, 2.24) is 10.2 Å². The summed E-state index contributed by atoms with van der Waals surface area (Å²) in [6, 6.07) is 19.4. The van der Waals surface area contributed by atoms with E-state index in [-0.39, 0.29) is 33.8 Å². The van der Waals surface area contributed by atoms with Gasteiger partial charge in [-0.1, -0.05) is 66.6 Å². The molecule has 0 aliphatic carbocycles. The minimum absolute atomic E-state index is 0.00769. The van der Waals surface area contributed by atoms with Crippen LogP contribution in [0.3, 0.4) is 0 Å². The van der Waals surface area contributed by atoms with E-state index in [1.807, 2.05) is 44.2 Å². The van der Waals surface area contributed by atoms with Crippen LogP contribution in [0.1, 0.15) is 31.4 Å². The van der Waals surface area contributed by atoms with E-state index in [9.17, 15) is 18.0 Å². The Kier molecular flexibility index (Phi) is 10.4. The first-order valence-electron chi connectivity index (χ1n) is 12.7. The van der Waals surface area contributed by atoms with Gasteiger partial charge in [0.2, 0.25) is 11.8 Å². The number of carbonyl (C=O) groups excluding carboxylic acids is 2. The van der Waals surface area contributed by atoms with Crippen LogP contribution < -0.4 is 14.4 Å². The number of aryl methyl sites for hydroxylation is 1. The van der Waals surface area contributed by atoms with E-state index in [0.717, 1.165) is 15.4 Å². The summed E-state index contributed by atoms with van der Waals surface area (Å²) in [5.74, 6) is -0.625. The molecule has 2 amide bonds. The molecule has 0 spiro atoms. The molecule has 3 rings (SSSR count). The number of hydrogen-bond donors (Lipinski definition) is 1. The third-order valence-corrected chi connectivity index (χ3v) is 8.24. The smallest absolute Gasteiger partial charge is 0.264 e. The Hall–Kier alpha value is -3.56. The highest BCUT2D eigenvalue weighted by atomic mass is 35.5. The van der Waals surface area contributed by atoms with Crippen LogP contribution in [0.4, 0.5) is 5.69 Å². The maximum atomic E-state index is 14.0. The lowest BCUT2D eigenvalue weighted by Crippen LogP contribution is -2.52. The molecular formula is C29H34ClN3O5S. The summed E-state index contributed by atoms with van der Waals surface area (Å²) in [6.07, 6.45) is 0.343. The predicted octanol–water partition coefficient (Wildman–Crippen LogP) is 4.80. The summed E-state index contributed by atoms with van der Waals surface area (Å²) in [5.41, 5.74) is 1.81. The van der Waals surface area contributed by atoms with Crippen LogP contribution in [0.2, 0.25) is 5.02 Å². The molecule has 1 atom stereocenters. The van der Waals surface area contributed by atoms with Gasteiger partial charge in [-0.3, -0.25) is 13.9 Å². The molecule has 10 heteroatoms. The fourth-order valence-corrected chi connectivity index (χ4v) is 5.78. The van der Waals surface area contributed by atoms with Crippen LogP contribution in [0.5, 0.6) is 5.75 Å². The zero-order chi connectivity index (χ0) is 28.6. The molecule has 39 heavy (non-hydrogen) atoms. The standard InChI is InChI=1S/C29H34ClN3O5S/c1-5-25(29(35)31-6-2)32(19-22-10-8-7-9-11-22)28(34)20-33(26-18-23(30)14-17-27(26)38-4)39(36,37)24-15-12-21(3)13-16-24/h7-18,25H,5-6,19-20H2,1-4H3,(H,31,35). The molecule has 0 aliphatic heterocycles. The molecule has 0 saturated carbocycles. The van der Waals surface area contributed by atoms with Gasteiger partial charge < -0.3 is 15.0 Å². The average molecular weight is 572 g/mol. The molecule has 3 aromatic rings. The number of nitrogens with zero attached hydrogens (tertiary/aromatic N) is 2. The lowest BCUT2D eigenvalue weighted by Gasteiger charge is -2.33. The first-order valence-corrected chi connectivity index (χ1v) is 14.5. The van der Waals surface area contributed by atoms with E-state index in [1.54, 1.807) is 31.2 Å². The Morgan fingerprint density at radius 2 is 1.67 bits per heavy atom. The second-order valence-electron chi connectivity index (χ2n) is 8.97. The van der Waals surface area contributed by atoms with Crippen molar-refractivity contribution in [3.05, 3.63) is 88.9 Å². The third-order valence-electron chi connectivity index (χ3n) is 6.23. The molecule has 1 unspecified atom stereocenters. The summed E-state index contributed by atoms with van der Waals surface area (Å²) in [4.78, 5) is 28.4. The van der Waals surface area contributed by atoms with E-state index in [1.165, 1.54) is 30.2 Å². The van der Waals surface area contributed by atoms with E-state index in [4.69, 9.17) is 16.3 Å². The number of halogens is 1. The average Bonchev–Trinajstić information content (AvgIpc) is 2.92. The van der Waals surface area contributed by atoms with Crippen LogP contribution in [-0.2, 0) is 26.2 Å². The van der Waals surface area contributed by atoms with Crippen molar-refractivity contribution >= 4 is 39.1 Å². The van der Waals surface area contributed by atoms with Gasteiger partial charge in [0.25, 0.3) is 10.0 Å². The van der Waals surface area contributed by atoms with Crippen LogP contribution in [-0.4, -0.2) is 51.4 Å². The van der Waals surface area contributed by atoms with E-state index < -0.39 is 28.5 Å². The third kappa shape index (κ3) is 7.30. The fraction of sp³-hybridized carbons (Fsp3) is 0.310. The maximum Gasteiger partial charge on any atom is 0.264 e. The van der Waals surface area contributed by atoms with E-state index >= 15 is 0 Å². The number of nitrogens with one attached hydrogen (secondary N) is 1. The van der Waals surface area contributed by atoms with Crippen molar-refractivity contribution in [2.45, 2.75) is 44.7 Å². The Bertz CT molecular complexity index is 1380. The van der Waals surface area contributed by atoms with Gasteiger partial charge in [0.15, 0.2) is 0 Å². The minimum atomic E-state index is -4.24. The SMILES string of the molecule is CCNC(=O)C(CC)N(Cc1ccccc1)C(=O)CN(c1cc(Cl)ccc1OC)S(=O)(=O)c1ccc(C)cc1. The zero-order valence-electron chi connectivity index (χ0n) is 22.6. The molecule has 0 aliphatic rings. The highest BCUT2D eigenvalue weighted by Gasteiger charge is 2.34. The molecule has 3 aromatic carbocycles. The fourth-order valence-electron chi connectivity index (χ4n) is 4.20. The highest BCUT2D eigenvalue weighted by molar-refractivity contribution is 7.92. The van der Waals surface area contributed by atoms with Gasteiger partial charge in [0, 0.05) is 18.1 Å². The zero-order valence-corrected chi connectivity index (χ0v) is 24.1. The van der Waals surface area contributed by atoms with Crippen LogP contribution in [0.25, 0.3) is 0 Å². The van der Waals surface area contributed by atoms with Crippen LogP contribution in [0, 0.1) is 6.92 Å². The van der Waals surface area contributed by atoms with E-state index in [2.05, 4.69) is 5.32 Å². The number of benzene rings is 3. The molecule has 0 fully saturated rings. The lowest BCUT2D eigenvalue weighted by atomic mass is 10.1. The number of amides is 2. The first kappa shape index (κ1) is 30.0. The number of methoxy groups -OCH3 is 1. The van der Waals surface area contributed by atoms with Gasteiger partial charge in [-0.15, -0.1) is 0 Å². The van der Waals surface area contributed by atoms with Crippen molar-refractivity contribution in [3.8, 4) is 5.75 Å². The van der Waals surface area contributed by atoms with Gasteiger partial charge in [-0.25, -0.2) is 8.42 Å². The molecule has 208 valence electrons. The van der Waals surface area contributed by atoms with Gasteiger partial charge in [-0.2, -0.15) is 0 Å². The monoisotopic (exact) mass is 571 g/mol. The first-order chi connectivity index (χ1) is 18.6. The Labute approximate surface area is 235 Å². The van der Waals surface area contributed by atoms with E-state index in [0.29, 0.717) is 13.0 Å². The van der Waals surface area contributed by atoms with Crippen LogP contribution >= 0.6 is 11.6 Å². The molecule has 0 heterocycles. The van der Waals surface area contributed by atoms with Crippen molar-refractivity contribution in [2.24, 2.45) is 0 Å². The number of hydrogen-bond acceptors (Lipinski definition) is 5. The number of anilines is 1. The second-order valence-corrected chi connectivity index (χ2v) is 11.3. The molecule has 0 bridgehead atoms. The summed E-state index contributed by atoms with van der Waals surface area (Å²) in [7, 11) is -2.83. The molecule has 0 aromatic heterocycles. The number of carbonyl (C=O) groups is 2. The van der Waals surface area contributed by atoms with Gasteiger partial charge in [0.05, 0.1) is 17.7 Å².